The summed E-state index contributed by atoms with van der Waals surface area (Å²) in [6, 6.07) is 23.1. The van der Waals surface area contributed by atoms with Crippen molar-refractivity contribution in [3.05, 3.63) is 106 Å². The molecule has 3 aromatic carbocycles. The standard InChI is InChI=1S/C21H25BN2O4.C8H10/c25-20(23-14-22(27)28)13-19(16-8-2-1-3-9-16)24-21(26)18-12-6-10-15-7-4-5-11-17(15)18;1-7-3-5-8(2)6-4-7/h1-3,6,8-10,12,19,27-28H,4-5,7,11,13-14H2,(H,23,25)(H,24,26);3-6H,1-2H3. The minimum absolute atomic E-state index is 0.0114. The zero-order valence-corrected chi connectivity index (χ0v) is 21.0. The van der Waals surface area contributed by atoms with Crippen molar-refractivity contribution in [3.63, 3.8) is 0 Å². The van der Waals surface area contributed by atoms with Crippen molar-refractivity contribution in [2.75, 3.05) is 6.44 Å². The van der Waals surface area contributed by atoms with Gasteiger partial charge in [0.1, 0.15) is 0 Å². The maximum absolute atomic E-state index is 13.0. The molecule has 0 radical (unpaired) electrons. The minimum Gasteiger partial charge on any atom is -0.426 e. The highest BCUT2D eigenvalue weighted by molar-refractivity contribution is 6.41. The normalized spacial score (nSPS) is 12.9. The lowest BCUT2D eigenvalue weighted by atomic mass is 9.88. The van der Waals surface area contributed by atoms with Crippen LogP contribution in [0, 0.1) is 13.8 Å². The first-order valence-electron chi connectivity index (χ1n) is 12.5. The number of benzene rings is 3. The third-order valence-electron chi connectivity index (χ3n) is 6.24. The Morgan fingerprint density at radius 3 is 2.14 bits per heavy atom. The summed E-state index contributed by atoms with van der Waals surface area (Å²) < 4.78 is 0. The average Bonchev–Trinajstić information content (AvgIpc) is 2.89. The second-order valence-corrected chi connectivity index (χ2v) is 9.23. The molecule has 36 heavy (non-hydrogen) atoms. The van der Waals surface area contributed by atoms with Crippen LogP contribution in [0.4, 0.5) is 0 Å². The van der Waals surface area contributed by atoms with Crippen molar-refractivity contribution in [2.45, 2.75) is 52.0 Å². The first-order chi connectivity index (χ1) is 17.3. The van der Waals surface area contributed by atoms with Crippen LogP contribution in [0.1, 0.15) is 63.5 Å². The Kier molecular flexibility index (Phi) is 10.3. The molecule has 1 aliphatic carbocycles. The van der Waals surface area contributed by atoms with Crippen molar-refractivity contribution < 1.29 is 19.6 Å². The van der Waals surface area contributed by atoms with Crippen LogP contribution in [0.2, 0.25) is 0 Å². The van der Waals surface area contributed by atoms with Gasteiger partial charge >= 0.3 is 7.12 Å². The summed E-state index contributed by atoms with van der Waals surface area (Å²) in [5.41, 5.74) is 6.48. The van der Waals surface area contributed by atoms with Gasteiger partial charge in [0.05, 0.1) is 18.9 Å². The minimum atomic E-state index is -1.61. The fourth-order valence-corrected chi connectivity index (χ4v) is 4.27. The predicted octanol–water partition coefficient (Wildman–Crippen LogP) is 3.86. The highest BCUT2D eigenvalue weighted by Crippen LogP contribution is 2.25. The lowest BCUT2D eigenvalue weighted by Crippen LogP contribution is -2.38. The Bertz CT molecular complexity index is 1110. The summed E-state index contributed by atoms with van der Waals surface area (Å²) in [6.07, 6.45) is 3.86. The van der Waals surface area contributed by atoms with E-state index >= 15 is 0 Å². The van der Waals surface area contributed by atoms with E-state index < -0.39 is 13.2 Å². The molecule has 1 unspecified atom stereocenters. The third-order valence-corrected chi connectivity index (χ3v) is 6.24. The molecule has 0 aromatic heterocycles. The van der Waals surface area contributed by atoms with Crippen LogP contribution < -0.4 is 10.6 Å². The molecular weight excluding hydrogens is 451 g/mol. The topological polar surface area (TPSA) is 98.7 Å². The van der Waals surface area contributed by atoms with E-state index in [1.807, 2.05) is 42.5 Å². The molecule has 1 aliphatic rings. The van der Waals surface area contributed by atoms with Gasteiger partial charge in [0, 0.05) is 5.56 Å². The van der Waals surface area contributed by atoms with Gasteiger partial charge in [0.15, 0.2) is 0 Å². The van der Waals surface area contributed by atoms with Crippen molar-refractivity contribution in [1.82, 2.24) is 10.6 Å². The van der Waals surface area contributed by atoms with Gasteiger partial charge in [0.25, 0.3) is 5.91 Å². The number of hydrogen-bond donors (Lipinski definition) is 4. The summed E-state index contributed by atoms with van der Waals surface area (Å²) in [4.78, 5) is 25.2. The summed E-state index contributed by atoms with van der Waals surface area (Å²) in [5, 5.41) is 23.3. The number of amides is 2. The maximum atomic E-state index is 13.0. The molecule has 0 saturated carbocycles. The van der Waals surface area contributed by atoms with Gasteiger partial charge in [-0.05, 0) is 62.3 Å². The fourth-order valence-electron chi connectivity index (χ4n) is 4.27. The lowest BCUT2D eigenvalue weighted by molar-refractivity contribution is -0.121. The first-order valence-corrected chi connectivity index (χ1v) is 12.5. The van der Waals surface area contributed by atoms with Gasteiger partial charge < -0.3 is 20.7 Å². The van der Waals surface area contributed by atoms with E-state index in [2.05, 4.69) is 54.8 Å². The van der Waals surface area contributed by atoms with Crippen LogP contribution in [-0.2, 0) is 17.6 Å². The summed E-state index contributed by atoms with van der Waals surface area (Å²) in [6.45, 7) is 4.19. The molecule has 4 N–H and O–H groups in total. The molecule has 4 rings (SSSR count). The number of nitrogens with one attached hydrogen (secondary N) is 2. The summed E-state index contributed by atoms with van der Waals surface area (Å²) >= 11 is 0. The number of rotatable bonds is 7. The van der Waals surface area contributed by atoms with E-state index in [1.54, 1.807) is 0 Å². The molecular formula is C29H35BN2O4. The molecule has 3 aromatic rings. The Labute approximate surface area is 213 Å². The SMILES string of the molecule is Cc1ccc(C)cc1.O=C(CC(NC(=O)c1cccc2c1CCCC2)c1ccccc1)NCB(O)O. The van der Waals surface area contributed by atoms with Gasteiger partial charge in [-0.15, -0.1) is 0 Å². The monoisotopic (exact) mass is 486 g/mol. The molecule has 2 amide bonds. The number of hydrogen-bond acceptors (Lipinski definition) is 4. The van der Waals surface area contributed by atoms with E-state index in [1.165, 1.54) is 16.7 Å². The molecule has 0 bridgehead atoms. The largest absolute Gasteiger partial charge is 0.472 e. The smallest absolute Gasteiger partial charge is 0.426 e. The van der Waals surface area contributed by atoms with Crippen molar-refractivity contribution in [2.24, 2.45) is 0 Å². The molecule has 0 saturated heterocycles. The van der Waals surface area contributed by atoms with Crippen LogP contribution in [0.5, 0.6) is 0 Å². The van der Waals surface area contributed by atoms with Crippen LogP contribution in [0.25, 0.3) is 0 Å². The molecule has 0 heterocycles. The van der Waals surface area contributed by atoms with Gasteiger partial charge in [-0.2, -0.15) is 0 Å². The zero-order valence-electron chi connectivity index (χ0n) is 21.0. The molecule has 0 spiro atoms. The predicted molar refractivity (Wildman–Crippen MR) is 143 cm³/mol. The van der Waals surface area contributed by atoms with Crippen molar-refractivity contribution >= 4 is 18.9 Å². The Morgan fingerprint density at radius 2 is 1.50 bits per heavy atom. The van der Waals surface area contributed by atoms with Gasteiger partial charge in [-0.25, -0.2) is 0 Å². The van der Waals surface area contributed by atoms with E-state index in [-0.39, 0.29) is 24.7 Å². The number of aryl methyl sites for hydroxylation is 3. The van der Waals surface area contributed by atoms with E-state index in [0.717, 1.165) is 36.8 Å². The average molecular weight is 486 g/mol. The number of fused-ring (bicyclic) bond motifs is 1. The van der Waals surface area contributed by atoms with Crippen LogP contribution in [-0.4, -0.2) is 35.4 Å². The maximum Gasteiger partial charge on any atom is 0.472 e. The molecule has 6 nitrogen and oxygen atoms in total. The second-order valence-electron chi connectivity index (χ2n) is 9.23. The van der Waals surface area contributed by atoms with Gasteiger partial charge in [-0.1, -0.05) is 77.9 Å². The van der Waals surface area contributed by atoms with Crippen molar-refractivity contribution in [1.29, 1.82) is 0 Å². The quantitative estimate of drug-likeness (QED) is 0.381. The first kappa shape index (κ1) is 27.2. The van der Waals surface area contributed by atoms with Crippen LogP contribution in [0.3, 0.4) is 0 Å². The molecule has 0 fully saturated rings. The van der Waals surface area contributed by atoms with Gasteiger partial charge in [-0.3, -0.25) is 9.59 Å². The number of carbonyl (C=O) groups excluding carboxylic acids is 2. The Hall–Kier alpha value is -3.42. The third kappa shape index (κ3) is 8.36. The van der Waals surface area contributed by atoms with E-state index in [9.17, 15) is 9.59 Å². The Morgan fingerprint density at radius 1 is 0.861 bits per heavy atom. The van der Waals surface area contributed by atoms with E-state index in [4.69, 9.17) is 10.0 Å². The molecule has 1 atom stereocenters. The van der Waals surface area contributed by atoms with E-state index in [0.29, 0.717) is 5.56 Å². The molecule has 7 heteroatoms. The van der Waals surface area contributed by atoms with Gasteiger partial charge in [0.2, 0.25) is 5.91 Å². The Balaban J connectivity index is 0.000000383. The highest BCUT2D eigenvalue weighted by Gasteiger charge is 2.23. The van der Waals surface area contributed by atoms with Crippen LogP contribution in [0.15, 0.2) is 72.8 Å². The summed E-state index contributed by atoms with van der Waals surface area (Å²) in [5.74, 6) is -0.556. The second kappa shape index (κ2) is 13.6. The lowest BCUT2D eigenvalue weighted by Gasteiger charge is -2.22. The molecule has 0 aliphatic heterocycles. The van der Waals surface area contributed by atoms with Crippen LogP contribution >= 0.6 is 0 Å². The number of carbonyl (C=O) groups is 2. The summed E-state index contributed by atoms with van der Waals surface area (Å²) in [7, 11) is -1.61. The fraction of sp³-hybridized carbons (Fsp3) is 0.310. The zero-order chi connectivity index (χ0) is 25.9. The molecule has 188 valence electrons. The highest BCUT2D eigenvalue weighted by atomic mass is 16.4. The van der Waals surface area contributed by atoms with Crippen molar-refractivity contribution in [3.8, 4) is 0 Å².